The Bertz CT molecular complexity index is 632. The first kappa shape index (κ1) is 17.5. The molecule has 0 amide bonds. The van der Waals surface area contributed by atoms with Gasteiger partial charge in [0, 0.05) is 24.3 Å². The minimum Gasteiger partial charge on any atom is -0.491 e. The van der Waals surface area contributed by atoms with E-state index < -0.39 is 23.1 Å². The number of ether oxygens (including phenoxy) is 3. The van der Waals surface area contributed by atoms with Crippen LogP contribution in [0.2, 0.25) is 5.02 Å². The number of carbonyl (C=O) groups is 1. The Morgan fingerprint density at radius 2 is 1.92 bits per heavy atom. The van der Waals surface area contributed by atoms with Crippen molar-refractivity contribution in [1.82, 2.24) is 0 Å². The number of aromatic carboxylic acids is 1. The Labute approximate surface area is 144 Å². The van der Waals surface area contributed by atoms with Crippen molar-refractivity contribution in [3.8, 4) is 5.75 Å². The quantitative estimate of drug-likeness (QED) is 0.884. The first-order chi connectivity index (χ1) is 11.3. The van der Waals surface area contributed by atoms with Gasteiger partial charge in [0.15, 0.2) is 5.79 Å². The monoisotopic (exact) mass is 358 g/mol. The molecule has 3 rings (SSSR count). The van der Waals surface area contributed by atoms with E-state index in [1.807, 2.05) is 0 Å². The second kappa shape index (κ2) is 6.50. The Hall–Kier alpha value is -1.37. The molecule has 132 valence electrons. The van der Waals surface area contributed by atoms with Crippen molar-refractivity contribution in [1.29, 1.82) is 0 Å². The Morgan fingerprint density at radius 3 is 2.50 bits per heavy atom. The van der Waals surface area contributed by atoms with Gasteiger partial charge in [-0.1, -0.05) is 18.5 Å². The van der Waals surface area contributed by atoms with Crippen molar-refractivity contribution in [3.63, 3.8) is 0 Å². The molecular weight excluding hydrogens is 339 g/mol. The summed E-state index contributed by atoms with van der Waals surface area (Å²) in [6.45, 7) is 3.75. The van der Waals surface area contributed by atoms with Crippen molar-refractivity contribution in [2.24, 2.45) is 5.41 Å². The van der Waals surface area contributed by atoms with Gasteiger partial charge < -0.3 is 19.3 Å². The molecule has 1 aliphatic heterocycles. The zero-order valence-electron chi connectivity index (χ0n) is 13.4. The largest absolute Gasteiger partial charge is 0.491 e. The van der Waals surface area contributed by atoms with E-state index in [0.29, 0.717) is 19.8 Å². The molecule has 1 aromatic rings. The Balaban J connectivity index is 1.63. The second-order valence-corrected chi connectivity index (χ2v) is 7.18. The standard InChI is InChI=1S/C17H20ClFO5/c1-16(2-4-17(5-3-16)23-6-7-24-17)10-22-14-9-13(19)11(15(20)21)8-12(14)18/h8-9H,2-7,10H2,1H3,(H,20,21). The number of rotatable bonds is 4. The van der Waals surface area contributed by atoms with Gasteiger partial charge in [0.2, 0.25) is 0 Å². The van der Waals surface area contributed by atoms with Gasteiger partial charge in [-0.15, -0.1) is 0 Å². The van der Waals surface area contributed by atoms with Crippen LogP contribution in [-0.4, -0.2) is 36.7 Å². The molecular formula is C17H20ClFO5. The fourth-order valence-corrected chi connectivity index (χ4v) is 3.44. The predicted molar refractivity (Wildman–Crippen MR) is 85.1 cm³/mol. The smallest absolute Gasteiger partial charge is 0.338 e. The van der Waals surface area contributed by atoms with Gasteiger partial charge in [0.25, 0.3) is 0 Å². The summed E-state index contributed by atoms with van der Waals surface area (Å²) in [6.07, 6.45) is 3.32. The maximum absolute atomic E-state index is 13.8. The molecule has 1 spiro atoms. The van der Waals surface area contributed by atoms with Crippen LogP contribution in [0.3, 0.4) is 0 Å². The third kappa shape index (κ3) is 3.50. The number of hydrogen-bond acceptors (Lipinski definition) is 4. The molecule has 24 heavy (non-hydrogen) atoms. The molecule has 7 heteroatoms. The molecule has 1 N–H and O–H groups in total. The van der Waals surface area contributed by atoms with E-state index in [1.165, 1.54) is 0 Å². The minimum atomic E-state index is -1.36. The van der Waals surface area contributed by atoms with E-state index in [2.05, 4.69) is 6.92 Å². The van der Waals surface area contributed by atoms with Gasteiger partial charge in [-0.3, -0.25) is 0 Å². The highest BCUT2D eigenvalue weighted by molar-refractivity contribution is 6.32. The normalized spacial score (nSPS) is 21.8. The van der Waals surface area contributed by atoms with Crippen LogP contribution in [0.25, 0.3) is 0 Å². The molecule has 2 fully saturated rings. The number of benzene rings is 1. The highest BCUT2D eigenvalue weighted by atomic mass is 35.5. The molecule has 0 unspecified atom stereocenters. The predicted octanol–water partition coefficient (Wildman–Crippen LogP) is 3.88. The molecule has 0 aromatic heterocycles. The van der Waals surface area contributed by atoms with Crippen molar-refractivity contribution in [2.75, 3.05) is 19.8 Å². The fraction of sp³-hybridized carbons (Fsp3) is 0.588. The number of hydrogen-bond donors (Lipinski definition) is 1. The van der Waals surface area contributed by atoms with Crippen LogP contribution in [0.4, 0.5) is 4.39 Å². The average Bonchev–Trinajstić information content (AvgIpc) is 3.00. The van der Waals surface area contributed by atoms with Gasteiger partial charge in [-0.05, 0) is 18.9 Å². The first-order valence-corrected chi connectivity index (χ1v) is 8.33. The Morgan fingerprint density at radius 1 is 1.29 bits per heavy atom. The van der Waals surface area contributed by atoms with Crippen LogP contribution in [0.1, 0.15) is 43.0 Å². The van der Waals surface area contributed by atoms with Gasteiger partial charge in [-0.25, -0.2) is 9.18 Å². The van der Waals surface area contributed by atoms with Crippen molar-refractivity contribution < 1.29 is 28.5 Å². The third-order valence-corrected chi connectivity index (χ3v) is 5.16. The molecule has 2 aliphatic rings. The van der Waals surface area contributed by atoms with Crippen LogP contribution in [0, 0.1) is 11.2 Å². The number of carboxylic acids is 1. The minimum absolute atomic E-state index is 0.0899. The number of carboxylic acid groups (broad SMARTS) is 1. The molecule has 1 heterocycles. The average molecular weight is 359 g/mol. The van der Waals surface area contributed by atoms with Gasteiger partial charge >= 0.3 is 5.97 Å². The lowest BCUT2D eigenvalue weighted by Crippen LogP contribution is -2.41. The van der Waals surface area contributed by atoms with E-state index >= 15 is 0 Å². The maximum atomic E-state index is 13.8. The summed E-state index contributed by atoms with van der Waals surface area (Å²) in [5, 5.41) is 8.98. The topological polar surface area (TPSA) is 65.0 Å². The summed E-state index contributed by atoms with van der Waals surface area (Å²) in [5.74, 6) is -2.50. The van der Waals surface area contributed by atoms with Crippen molar-refractivity contribution in [2.45, 2.75) is 38.4 Å². The molecule has 1 saturated heterocycles. The van der Waals surface area contributed by atoms with Crippen LogP contribution in [0.5, 0.6) is 5.75 Å². The van der Waals surface area contributed by atoms with E-state index in [9.17, 15) is 9.18 Å². The fourth-order valence-electron chi connectivity index (χ4n) is 3.22. The first-order valence-electron chi connectivity index (χ1n) is 7.96. The van der Waals surface area contributed by atoms with E-state index in [1.54, 1.807) is 0 Å². The molecule has 1 aromatic carbocycles. The third-order valence-electron chi connectivity index (χ3n) is 4.86. The lowest BCUT2D eigenvalue weighted by Gasteiger charge is -2.41. The van der Waals surface area contributed by atoms with Gasteiger partial charge in [0.05, 0.1) is 30.4 Å². The lowest BCUT2D eigenvalue weighted by molar-refractivity contribution is -0.192. The van der Waals surface area contributed by atoms with Crippen LogP contribution in [0.15, 0.2) is 12.1 Å². The summed E-state index contributed by atoms with van der Waals surface area (Å²) in [4.78, 5) is 10.9. The second-order valence-electron chi connectivity index (χ2n) is 6.77. The maximum Gasteiger partial charge on any atom is 0.338 e. The van der Waals surface area contributed by atoms with Crippen LogP contribution < -0.4 is 4.74 Å². The van der Waals surface area contributed by atoms with E-state index in [0.717, 1.165) is 37.8 Å². The summed E-state index contributed by atoms with van der Waals surface area (Å²) in [7, 11) is 0. The SMILES string of the molecule is CC1(COc2cc(F)c(C(=O)O)cc2Cl)CCC2(CC1)OCCO2. The highest BCUT2D eigenvalue weighted by Crippen LogP contribution is 2.45. The van der Waals surface area contributed by atoms with Crippen molar-refractivity contribution in [3.05, 3.63) is 28.5 Å². The summed E-state index contributed by atoms with van der Waals surface area (Å²) >= 11 is 6.01. The molecule has 0 atom stereocenters. The van der Waals surface area contributed by atoms with E-state index in [-0.39, 0.29) is 16.2 Å². The molecule has 1 aliphatic carbocycles. The zero-order chi connectivity index (χ0) is 17.4. The van der Waals surface area contributed by atoms with Gasteiger partial charge in [-0.2, -0.15) is 0 Å². The summed E-state index contributed by atoms with van der Waals surface area (Å²) in [6, 6.07) is 2.11. The molecule has 5 nitrogen and oxygen atoms in total. The molecule has 0 bridgehead atoms. The zero-order valence-corrected chi connectivity index (χ0v) is 14.2. The van der Waals surface area contributed by atoms with Crippen molar-refractivity contribution >= 4 is 17.6 Å². The summed E-state index contributed by atoms with van der Waals surface area (Å²) < 4.78 is 30.9. The number of halogens is 2. The highest BCUT2D eigenvalue weighted by Gasteiger charge is 2.44. The molecule has 1 saturated carbocycles. The lowest BCUT2D eigenvalue weighted by atomic mass is 9.74. The van der Waals surface area contributed by atoms with Gasteiger partial charge in [0.1, 0.15) is 11.6 Å². The molecule has 0 radical (unpaired) electrons. The Kier molecular flexibility index (Phi) is 4.73. The van der Waals surface area contributed by atoms with E-state index in [4.69, 9.17) is 30.9 Å². The van der Waals surface area contributed by atoms with Crippen LogP contribution in [-0.2, 0) is 9.47 Å². The van der Waals surface area contributed by atoms with Crippen LogP contribution >= 0.6 is 11.6 Å². The summed E-state index contributed by atoms with van der Waals surface area (Å²) in [5.41, 5.74) is -0.556.